The Morgan fingerprint density at radius 3 is 2.92 bits per heavy atom. The second kappa shape index (κ2) is 7.23. The van der Waals surface area contributed by atoms with E-state index in [1.165, 1.54) is 0 Å². The first-order valence-electron chi connectivity index (χ1n) is 9.55. The zero-order valence-electron chi connectivity index (χ0n) is 15.5. The molecule has 1 amide bonds. The van der Waals surface area contributed by atoms with Crippen molar-refractivity contribution in [2.45, 2.75) is 58.5 Å². The average molecular weight is 358 g/mol. The fourth-order valence-corrected chi connectivity index (χ4v) is 3.78. The van der Waals surface area contributed by atoms with Gasteiger partial charge in [0, 0.05) is 44.3 Å². The number of aryl methyl sites for hydroxylation is 1. The third kappa shape index (κ3) is 3.16. The first-order valence-corrected chi connectivity index (χ1v) is 9.55. The molecule has 0 saturated carbocycles. The number of hydrogen-bond acceptors (Lipinski definition) is 5. The standard InChI is InChI=1S/C19H26N4O3/c1-3-7-23-13(2)15(11-20-23)19(24)22-8-4-17-16(12-22)21-18(26-17)14-5-9-25-10-6-14/h11,14H,3-10,12H2,1-2H3. The molecule has 7 nitrogen and oxygen atoms in total. The summed E-state index contributed by atoms with van der Waals surface area (Å²) in [5.74, 6) is 2.13. The Bertz CT molecular complexity index is 789. The van der Waals surface area contributed by atoms with E-state index in [-0.39, 0.29) is 5.91 Å². The van der Waals surface area contributed by atoms with Crippen LogP contribution in [0.25, 0.3) is 0 Å². The highest BCUT2D eigenvalue weighted by Gasteiger charge is 2.30. The summed E-state index contributed by atoms with van der Waals surface area (Å²) < 4.78 is 13.3. The molecule has 0 aliphatic carbocycles. The summed E-state index contributed by atoms with van der Waals surface area (Å²) in [6, 6.07) is 0. The van der Waals surface area contributed by atoms with Gasteiger partial charge in [0.1, 0.15) is 11.5 Å². The summed E-state index contributed by atoms with van der Waals surface area (Å²) in [4.78, 5) is 19.5. The van der Waals surface area contributed by atoms with Gasteiger partial charge in [-0.3, -0.25) is 9.48 Å². The van der Waals surface area contributed by atoms with Gasteiger partial charge in [0.2, 0.25) is 0 Å². The average Bonchev–Trinajstić information content (AvgIpc) is 3.26. The number of nitrogens with zero attached hydrogens (tertiary/aromatic N) is 4. The molecule has 0 spiro atoms. The molecule has 0 radical (unpaired) electrons. The van der Waals surface area contributed by atoms with Crippen LogP contribution in [0.2, 0.25) is 0 Å². The van der Waals surface area contributed by atoms with E-state index in [0.717, 1.165) is 68.5 Å². The molecule has 2 aliphatic heterocycles. The van der Waals surface area contributed by atoms with Crippen molar-refractivity contribution in [3.8, 4) is 0 Å². The van der Waals surface area contributed by atoms with Crippen molar-refractivity contribution in [3.63, 3.8) is 0 Å². The lowest BCUT2D eigenvalue weighted by atomic mass is 10.0. The van der Waals surface area contributed by atoms with Gasteiger partial charge < -0.3 is 14.1 Å². The van der Waals surface area contributed by atoms with Crippen molar-refractivity contribution in [2.75, 3.05) is 19.8 Å². The number of amides is 1. The third-order valence-corrected chi connectivity index (χ3v) is 5.37. The molecule has 0 aromatic carbocycles. The molecule has 4 rings (SSSR count). The first-order chi connectivity index (χ1) is 12.7. The van der Waals surface area contributed by atoms with Gasteiger partial charge in [0.25, 0.3) is 5.91 Å². The van der Waals surface area contributed by atoms with E-state index in [1.54, 1.807) is 6.20 Å². The SMILES string of the molecule is CCCn1ncc(C(=O)N2CCc3oc(C4CCOCC4)nc3C2)c1C. The number of ether oxygens (including phenoxy) is 1. The van der Waals surface area contributed by atoms with E-state index < -0.39 is 0 Å². The van der Waals surface area contributed by atoms with Gasteiger partial charge in [-0.05, 0) is 26.2 Å². The minimum absolute atomic E-state index is 0.0334. The van der Waals surface area contributed by atoms with Crippen LogP contribution >= 0.6 is 0 Å². The van der Waals surface area contributed by atoms with Crippen LogP contribution in [0.1, 0.15) is 65.5 Å². The molecule has 2 aromatic rings. The zero-order valence-corrected chi connectivity index (χ0v) is 15.5. The van der Waals surface area contributed by atoms with E-state index in [1.807, 2.05) is 16.5 Å². The summed E-state index contributed by atoms with van der Waals surface area (Å²) in [6.07, 6.45) is 5.32. The lowest BCUT2D eigenvalue weighted by Crippen LogP contribution is -2.36. The van der Waals surface area contributed by atoms with Crippen molar-refractivity contribution in [1.82, 2.24) is 19.7 Å². The molecule has 2 aliphatic rings. The van der Waals surface area contributed by atoms with Crippen LogP contribution in [0.5, 0.6) is 0 Å². The summed E-state index contributed by atoms with van der Waals surface area (Å²) in [5, 5.41) is 4.35. The van der Waals surface area contributed by atoms with Crippen molar-refractivity contribution in [1.29, 1.82) is 0 Å². The Kier molecular flexibility index (Phi) is 4.80. The van der Waals surface area contributed by atoms with Crippen LogP contribution in [0, 0.1) is 6.92 Å². The maximum Gasteiger partial charge on any atom is 0.257 e. The van der Waals surface area contributed by atoms with E-state index in [4.69, 9.17) is 14.1 Å². The zero-order chi connectivity index (χ0) is 18.1. The highest BCUT2D eigenvalue weighted by Crippen LogP contribution is 2.30. The quantitative estimate of drug-likeness (QED) is 0.840. The highest BCUT2D eigenvalue weighted by molar-refractivity contribution is 5.95. The molecule has 0 unspecified atom stereocenters. The number of hydrogen-bond donors (Lipinski definition) is 0. The van der Waals surface area contributed by atoms with E-state index in [9.17, 15) is 4.79 Å². The molecule has 1 saturated heterocycles. The number of aromatic nitrogens is 3. The fourth-order valence-electron chi connectivity index (χ4n) is 3.78. The Hall–Kier alpha value is -2.15. The van der Waals surface area contributed by atoms with Gasteiger partial charge in [-0.2, -0.15) is 5.10 Å². The van der Waals surface area contributed by atoms with Gasteiger partial charge >= 0.3 is 0 Å². The van der Waals surface area contributed by atoms with Gasteiger partial charge in [0.15, 0.2) is 5.89 Å². The van der Waals surface area contributed by atoms with Crippen LogP contribution in [-0.2, 0) is 24.2 Å². The fraction of sp³-hybridized carbons (Fsp3) is 0.632. The summed E-state index contributed by atoms with van der Waals surface area (Å²) >= 11 is 0. The molecule has 7 heteroatoms. The van der Waals surface area contributed by atoms with Crippen LogP contribution in [0.4, 0.5) is 0 Å². The molecule has 0 bridgehead atoms. The van der Waals surface area contributed by atoms with Crippen LogP contribution < -0.4 is 0 Å². The maximum absolute atomic E-state index is 13.0. The molecule has 0 N–H and O–H groups in total. The van der Waals surface area contributed by atoms with Gasteiger partial charge in [-0.1, -0.05) is 6.92 Å². The predicted octanol–water partition coefficient (Wildman–Crippen LogP) is 2.68. The first kappa shape index (κ1) is 17.3. The smallest absolute Gasteiger partial charge is 0.257 e. The lowest BCUT2D eigenvalue weighted by molar-refractivity contribution is 0.0725. The molecule has 26 heavy (non-hydrogen) atoms. The minimum Gasteiger partial charge on any atom is -0.445 e. The Morgan fingerprint density at radius 1 is 1.35 bits per heavy atom. The third-order valence-electron chi connectivity index (χ3n) is 5.37. The molecular formula is C19H26N4O3. The maximum atomic E-state index is 13.0. The van der Waals surface area contributed by atoms with E-state index in [2.05, 4.69) is 12.0 Å². The second-order valence-corrected chi connectivity index (χ2v) is 7.15. The summed E-state index contributed by atoms with van der Waals surface area (Å²) in [7, 11) is 0. The van der Waals surface area contributed by atoms with Crippen LogP contribution in [0.15, 0.2) is 10.6 Å². The highest BCUT2D eigenvalue weighted by atomic mass is 16.5. The topological polar surface area (TPSA) is 73.4 Å². The predicted molar refractivity (Wildman–Crippen MR) is 95.0 cm³/mol. The van der Waals surface area contributed by atoms with Gasteiger partial charge in [0.05, 0.1) is 18.3 Å². The van der Waals surface area contributed by atoms with Gasteiger partial charge in [-0.15, -0.1) is 0 Å². The van der Waals surface area contributed by atoms with Crippen LogP contribution in [-0.4, -0.2) is 45.3 Å². The van der Waals surface area contributed by atoms with Crippen molar-refractivity contribution < 1.29 is 13.9 Å². The Labute approximate surface area is 153 Å². The molecule has 4 heterocycles. The summed E-state index contributed by atoms with van der Waals surface area (Å²) in [5.41, 5.74) is 2.53. The molecule has 1 fully saturated rings. The lowest BCUT2D eigenvalue weighted by Gasteiger charge is -2.25. The molecule has 0 atom stereocenters. The van der Waals surface area contributed by atoms with Crippen LogP contribution in [0.3, 0.4) is 0 Å². The molecule has 140 valence electrons. The number of oxazole rings is 1. The monoisotopic (exact) mass is 358 g/mol. The number of carbonyl (C=O) groups is 1. The number of rotatable bonds is 4. The minimum atomic E-state index is 0.0334. The largest absolute Gasteiger partial charge is 0.445 e. The van der Waals surface area contributed by atoms with Gasteiger partial charge in [-0.25, -0.2) is 4.98 Å². The normalized spacial score (nSPS) is 18.2. The van der Waals surface area contributed by atoms with E-state index in [0.29, 0.717) is 24.6 Å². The number of fused-ring (bicyclic) bond motifs is 1. The molecular weight excluding hydrogens is 332 g/mol. The Balaban J connectivity index is 1.49. The molecule has 2 aromatic heterocycles. The number of carbonyl (C=O) groups excluding carboxylic acids is 1. The van der Waals surface area contributed by atoms with E-state index >= 15 is 0 Å². The van der Waals surface area contributed by atoms with Crippen molar-refractivity contribution >= 4 is 5.91 Å². The second-order valence-electron chi connectivity index (χ2n) is 7.15. The Morgan fingerprint density at radius 2 is 2.15 bits per heavy atom. The van der Waals surface area contributed by atoms with Crippen molar-refractivity contribution in [2.24, 2.45) is 0 Å². The van der Waals surface area contributed by atoms with Crippen molar-refractivity contribution in [3.05, 3.63) is 34.8 Å². The summed E-state index contributed by atoms with van der Waals surface area (Å²) in [6.45, 7) is 7.61.